The second kappa shape index (κ2) is 16.6. The number of aryl methyl sites for hydroxylation is 2. The number of nitrogens with one attached hydrogen (secondary N) is 2. The van der Waals surface area contributed by atoms with Crippen molar-refractivity contribution >= 4 is 33.3 Å². The van der Waals surface area contributed by atoms with E-state index in [0.717, 1.165) is 18.6 Å². The average molecular weight is 704 g/mol. The first-order valence-corrected chi connectivity index (χ1v) is 17.7. The highest BCUT2D eigenvalue weighted by molar-refractivity contribution is 7.89. The number of aliphatic hydroxyl groups is 1. The molecule has 1 aliphatic rings. The number of ether oxygens (including phenoxy) is 2. The van der Waals surface area contributed by atoms with Crippen molar-refractivity contribution in [2.24, 2.45) is 5.92 Å². The van der Waals surface area contributed by atoms with Gasteiger partial charge in [0.1, 0.15) is 22.9 Å². The number of hydrogen-bond donors (Lipinski definition) is 3. The molecule has 15 heteroatoms. The van der Waals surface area contributed by atoms with Gasteiger partial charge in [-0.3, -0.25) is 4.79 Å². The lowest BCUT2D eigenvalue weighted by molar-refractivity contribution is -0.00834. The number of urea groups is 1. The summed E-state index contributed by atoms with van der Waals surface area (Å²) in [4.78, 5) is 28.7. The van der Waals surface area contributed by atoms with Crippen molar-refractivity contribution in [3.8, 4) is 5.75 Å². The Bertz CT molecular complexity index is 1680. The van der Waals surface area contributed by atoms with Crippen molar-refractivity contribution in [3.63, 3.8) is 0 Å². The molecule has 3 amide bonds. The van der Waals surface area contributed by atoms with Gasteiger partial charge in [-0.1, -0.05) is 12.1 Å². The Morgan fingerprint density at radius 2 is 1.86 bits per heavy atom. The van der Waals surface area contributed by atoms with Gasteiger partial charge in [-0.05, 0) is 89.4 Å². The number of halogens is 1. The van der Waals surface area contributed by atoms with E-state index in [1.165, 1.54) is 34.5 Å². The van der Waals surface area contributed by atoms with Gasteiger partial charge in [-0.25, -0.2) is 17.6 Å². The molecule has 3 N–H and O–H groups in total. The summed E-state index contributed by atoms with van der Waals surface area (Å²) in [6.45, 7) is 8.94. The molecule has 268 valence electrons. The first-order valence-electron chi connectivity index (χ1n) is 16.3. The number of hydrogen-bond acceptors (Lipinski definition) is 9. The van der Waals surface area contributed by atoms with E-state index in [1.807, 2.05) is 13.8 Å². The van der Waals surface area contributed by atoms with E-state index in [4.69, 9.17) is 14.0 Å². The van der Waals surface area contributed by atoms with Crippen molar-refractivity contribution < 1.29 is 41.5 Å². The highest BCUT2D eigenvalue weighted by Gasteiger charge is 2.32. The summed E-state index contributed by atoms with van der Waals surface area (Å²) in [6.07, 6.45) is 1.22. The maximum absolute atomic E-state index is 14.4. The molecule has 13 nitrogen and oxygen atoms in total. The third-order valence-electron chi connectivity index (χ3n) is 8.54. The van der Waals surface area contributed by atoms with Crippen LogP contribution in [0.5, 0.6) is 5.75 Å². The number of anilines is 2. The smallest absolute Gasteiger partial charge is 0.323 e. The van der Waals surface area contributed by atoms with Gasteiger partial charge in [0, 0.05) is 38.3 Å². The van der Waals surface area contributed by atoms with Crippen LogP contribution in [0.15, 0.2) is 51.9 Å². The van der Waals surface area contributed by atoms with Crippen LogP contribution >= 0.6 is 0 Å². The molecule has 2 aromatic carbocycles. The van der Waals surface area contributed by atoms with Crippen LogP contribution in [0.1, 0.15) is 61.8 Å². The lowest BCUT2D eigenvalue weighted by Gasteiger charge is -2.35. The van der Waals surface area contributed by atoms with Crippen LogP contribution in [0.2, 0.25) is 0 Å². The number of carbonyl (C=O) groups is 2. The Kier molecular flexibility index (Phi) is 12.8. The van der Waals surface area contributed by atoms with Crippen molar-refractivity contribution in [1.82, 2.24) is 14.4 Å². The van der Waals surface area contributed by atoms with Gasteiger partial charge in [-0.15, -0.1) is 0 Å². The molecule has 0 aliphatic carbocycles. The van der Waals surface area contributed by atoms with Crippen molar-refractivity contribution in [2.75, 3.05) is 44.0 Å². The number of fused-ring (bicyclic) bond motifs is 1. The highest BCUT2D eigenvalue weighted by atomic mass is 32.2. The van der Waals surface area contributed by atoms with Crippen LogP contribution in [-0.4, -0.2) is 91.4 Å². The maximum Gasteiger partial charge on any atom is 0.323 e. The Balaban J connectivity index is 1.63. The van der Waals surface area contributed by atoms with Gasteiger partial charge in [0.05, 0.1) is 35.3 Å². The van der Waals surface area contributed by atoms with E-state index >= 15 is 0 Å². The minimum atomic E-state index is -3.97. The fourth-order valence-corrected chi connectivity index (χ4v) is 6.72. The van der Waals surface area contributed by atoms with Crippen LogP contribution in [-0.2, 0) is 14.8 Å². The number of rotatable bonds is 8. The van der Waals surface area contributed by atoms with Gasteiger partial charge < -0.3 is 34.6 Å². The molecule has 4 atom stereocenters. The summed E-state index contributed by atoms with van der Waals surface area (Å²) in [6, 6.07) is 8.22. The molecule has 0 unspecified atom stereocenters. The number of likely N-dealkylation sites (N-methyl/N-ethyl adjacent to an activating group) is 1. The number of carbonyl (C=O) groups excluding carboxylic acids is 2. The zero-order valence-electron chi connectivity index (χ0n) is 28.7. The standard InChI is InChI=1S/C34H46FN5O8S/c1-21-18-40(22(2)20-41)33(42)29-17-27(36-34(43)37-32-24(4)38-48-25(32)5)12-15-30(29)47-23(3)9-7-8-16-46-31(21)19-39(6)49(44,45)28-13-10-26(35)11-14-28/h10-15,17,21-23,31,41H,7-9,16,18-20H2,1-6H3,(H2,36,37,43)/t21-,22+,23-,31-/m0/s1. The van der Waals surface area contributed by atoms with E-state index in [2.05, 4.69) is 15.8 Å². The minimum absolute atomic E-state index is 0.0270. The zero-order valence-corrected chi connectivity index (χ0v) is 29.5. The Hall–Kier alpha value is -4.05. The average Bonchev–Trinajstić information content (AvgIpc) is 3.38. The van der Waals surface area contributed by atoms with Crippen molar-refractivity contribution in [2.45, 2.75) is 77.0 Å². The van der Waals surface area contributed by atoms with Crippen LogP contribution in [0, 0.1) is 25.6 Å². The molecule has 0 spiro atoms. The van der Waals surface area contributed by atoms with E-state index in [9.17, 15) is 27.5 Å². The number of amides is 3. The largest absolute Gasteiger partial charge is 0.490 e. The van der Waals surface area contributed by atoms with Gasteiger partial charge in [0.2, 0.25) is 10.0 Å². The Labute approximate surface area is 286 Å². The SMILES string of the molecule is Cc1noc(C)c1NC(=O)Nc1ccc2c(c1)C(=O)N([C@H](C)CO)C[C@H](C)[C@H](CN(C)S(=O)(=O)c1ccc(F)cc1)OCCCC[C@H](C)O2. The summed E-state index contributed by atoms with van der Waals surface area (Å²) in [5.74, 6) is -0.617. The maximum atomic E-state index is 14.4. The number of nitrogens with zero attached hydrogens (tertiary/aromatic N) is 3. The predicted molar refractivity (Wildman–Crippen MR) is 182 cm³/mol. The summed E-state index contributed by atoms with van der Waals surface area (Å²) in [5, 5.41) is 19.5. The number of aliphatic hydroxyl groups excluding tert-OH is 1. The van der Waals surface area contributed by atoms with E-state index in [1.54, 1.807) is 32.9 Å². The summed E-state index contributed by atoms with van der Waals surface area (Å²) >= 11 is 0. The van der Waals surface area contributed by atoms with E-state index in [-0.39, 0.29) is 36.3 Å². The molecule has 49 heavy (non-hydrogen) atoms. The fraction of sp³-hybridized carbons (Fsp3) is 0.500. The first kappa shape index (κ1) is 37.8. The molecule has 0 radical (unpaired) electrons. The van der Waals surface area contributed by atoms with Crippen LogP contribution in [0.4, 0.5) is 20.6 Å². The van der Waals surface area contributed by atoms with Gasteiger partial charge in [-0.2, -0.15) is 4.31 Å². The minimum Gasteiger partial charge on any atom is -0.490 e. The molecule has 0 saturated heterocycles. The second-order valence-electron chi connectivity index (χ2n) is 12.5. The van der Waals surface area contributed by atoms with Gasteiger partial charge in [0.25, 0.3) is 5.91 Å². The first-order chi connectivity index (χ1) is 23.2. The number of benzene rings is 2. The summed E-state index contributed by atoms with van der Waals surface area (Å²) < 4.78 is 59.0. The summed E-state index contributed by atoms with van der Waals surface area (Å²) in [7, 11) is -2.53. The van der Waals surface area contributed by atoms with Crippen molar-refractivity contribution in [1.29, 1.82) is 0 Å². The molecular weight excluding hydrogens is 657 g/mol. The van der Waals surface area contributed by atoms with Gasteiger partial charge >= 0.3 is 6.03 Å². The quantitative estimate of drug-likeness (QED) is 0.287. The van der Waals surface area contributed by atoms with Crippen LogP contribution in [0.25, 0.3) is 0 Å². The second-order valence-corrected chi connectivity index (χ2v) is 14.6. The van der Waals surface area contributed by atoms with Gasteiger partial charge in [0.15, 0.2) is 5.76 Å². The number of aromatic nitrogens is 1. The predicted octanol–water partition coefficient (Wildman–Crippen LogP) is 5.19. The van der Waals surface area contributed by atoms with E-state index in [0.29, 0.717) is 48.0 Å². The molecule has 1 aliphatic heterocycles. The lowest BCUT2D eigenvalue weighted by atomic mass is 10.0. The Morgan fingerprint density at radius 1 is 1.14 bits per heavy atom. The monoisotopic (exact) mass is 703 g/mol. The lowest BCUT2D eigenvalue weighted by Crippen LogP contribution is -2.48. The molecule has 2 heterocycles. The Morgan fingerprint density at radius 3 is 2.51 bits per heavy atom. The van der Waals surface area contributed by atoms with E-state index < -0.39 is 45.8 Å². The highest BCUT2D eigenvalue weighted by Crippen LogP contribution is 2.29. The topological polar surface area (TPSA) is 164 Å². The third kappa shape index (κ3) is 9.56. The third-order valence-corrected chi connectivity index (χ3v) is 10.4. The molecule has 1 aromatic heterocycles. The molecule has 4 rings (SSSR count). The fourth-order valence-electron chi connectivity index (χ4n) is 5.54. The normalized spacial score (nSPS) is 20.2. The molecule has 3 aromatic rings. The van der Waals surface area contributed by atoms with Crippen LogP contribution in [0.3, 0.4) is 0 Å². The van der Waals surface area contributed by atoms with Crippen molar-refractivity contribution in [3.05, 3.63) is 65.3 Å². The van der Waals surface area contributed by atoms with Crippen LogP contribution < -0.4 is 15.4 Å². The molecular formula is C34H46FN5O8S. The molecule has 0 fully saturated rings. The molecule has 0 saturated carbocycles. The number of sulfonamides is 1. The zero-order chi connectivity index (χ0) is 35.9. The molecule has 0 bridgehead atoms. The summed E-state index contributed by atoms with van der Waals surface area (Å²) in [5.41, 5.74) is 1.46.